The minimum Gasteiger partial charge on any atom is -0.492 e. The van der Waals surface area contributed by atoms with Crippen molar-refractivity contribution in [2.24, 2.45) is 0 Å². The van der Waals surface area contributed by atoms with Crippen molar-refractivity contribution in [3.05, 3.63) is 76.9 Å². The zero-order chi connectivity index (χ0) is 27.8. The van der Waals surface area contributed by atoms with Crippen molar-refractivity contribution in [2.75, 3.05) is 26.8 Å². The largest absolute Gasteiger partial charge is 0.492 e. The summed E-state index contributed by atoms with van der Waals surface area (Å²) in [4.78, 5) is 11.7. The average Bonchev–Trinajstić information content (AvgIpc) is 3.35. The molecule has 208 valence electrons. The van der Waals surface area contributed by atoms with E-state index >= 15 is 0 Å². The molecule has 6 nitrogen and oxygen atoms in total. The first-order valence-corrected chi connectivity index (χ1v) is 14.0. The maximum absolute atomic E-state index is 11.7. The number of carbonyl (C=O) groups is 1. The summed E-state index contributed by atoms with van der Waals surface area (Å²) in [5.41, 5.74) is 6.95. The van der Waals surface area contributed by atoms with E-state index in [4.69, 9.17) is 18.9 Å². The normalized spacial score (nSPS) is 16.4. The zero-order valence-electron chi connectivity index (χ0n) is 23.8. The molecule has 2 aliphatic heterocycles. The van der Waals surface area contributed by atoms with Crippen LogP contribution in [-0.4, -0.2) is 38.9 Å². The van der Waals surface area contributed by atoms with Crippen LogP contribution in [0.15, 0.2) is 54.6 Å². The zero-order valence-corrected chi connectivity index (χ0v) is 23.8. The number of hydrogen-bond acceptors (Lipinski definition) is 6. The molecule has 6 heteroatoms. The minimum atomic E-state index is -0.226. The van der Waals surface area contributed by atoms with E-state index in [1.165, 1.54) is 29.4 Å². The van der Waals surface area contributed by atoms with Crippen LogP contribution in [0.25, 0.3) is 11.1 Å². The highest BCUT2D eigenvalue weighted by molar-refractivity contribution is 5.72. The first kappa shape index (κ1) is 28.5. The van der Waals surface area contributed by atoms with Gasteiger partial charge in [0, 0.05) is 17.5 Å². The number of piperidine rings is 1. The fourth-order valence-corrected chi connectivity index (χ4v) is 5.34. The van der Waals surface area contributed by atoms with Gasteiger partial charge in [0.05, 0.1) is 20.1 Å². The minimum absolute atomic E-state index is 0.0242. The quantitative estimate of drug-likeness (QED) is 0.325. The molecule has 39 heavy (non-hydrogen) atoms. The van der Waals surface area contributed by atoms with Crippen LogP contribution in [0.4, 0.5) is 0 Å². The predicted octanol–water partition coefficient (Wildman–Crippen LogP) is 6.75. The Kier molecular flexibility index (Phi) is 9.88. The molecule has 0 aromatic heterocycles. The number of fused-ring (bicyclic) bond motifs is 1. The molecule has 1 unspecified atom stereocenters. The standard InChI is InChI=1S/C31H35NO5.C2H6/c1-20-13-27(37-25-9-11-32-12-10-25)14-21(2)31(20)23-6-4-5-22(15-23)18-35-26-7-8-28-24(16-30(33)34-3)19-36-29(28)17-26;1-2/h4-8,13-15,17,24-25,32H,9-12,16,18-19H2,1-3H3;1-2H3. The van der Waals surface area contributed by atoms with Crippen LogP contribution in [0.2, 0.25) is 0 Å². The first-order valence-electron chi connectivity index (χ1n) is 14.0. The molecule has 1 saturated heterocycles. The molecular weight excluding hydrogens is 490 g/mol. The first-order chi connectivity index (χ1) is 19.0. The van der Waals surface area contributed by atoms with Gasteiger partial charge in [0.1, 0.15) is 30.0 Å². The number of rotatable bonds is 8. The molecular formula is C33H41NO5. The third-order valence-corrected chi connectivity index (χ3v) is 7.22. The van der Waals surface area contributed by atoms with Crippen molar-refractivity contribution in [3.8, 4) is 28.4 Å². The molecule has 0 bridgehead atoms. The molecule has 2 heterocycles. The van der Waals surface area contributed by atoms with E-state index in [1.807, 2.05) is 32.0 Å². The number of benzene rings is 3. The molecule has 0 aliphatic carbocycles. The highest BCUT2D eigenvalue weighted by Crippen LogP contribution is 2.39. The van der Waals surface area contributed by atoms with E-state index in [-0.39, 0.29) is 18.0 Å². The van der Waals surface area contributed by atoms with Gasteiger partial charge in [-0.3, -0.25) is 4.79 Å². The highest BCUT2D eigenvalue weighted by atomic mass is 16.5. The van der Waals surface area contributed by atoms with Crippen LogP contribution >= 0.6 is 0 Å². The lowest BCUT2D eigenvalue weighted by molar-refractivity contribution is -0.141. The molecule has 5 rings (SSSR count). The summed E-state index contributed by atoms with van der Waals surface area (Å²) in [7, 11) is 1.41. The Morgan fingerprint density at radius 1 is 0.974 bits per heavy atom. The lowest BCUT2D eigenvalue weighted by atomic mass is 9.94. The van der Waals surface area contributed by atoms with Gasteiger partial charge in [0.2, 0.25) is 0 Å². The van der Waals surface area contributed by atoms with Gasteiger partial charge in [0.15, 0.2) is 0 Å². The molecule has 0 saturated carbocycles. The molecule has 3 aromatic carbocycles. The van der Waals surface area contributed by atoms with Crippen LogP contribution in [0, 0.1) is 13.8 Å². The van der Waals surface area contributed by atoms with E-state index < -0.39 is 0 Å². The number of esters is 1. The number of methoxy groups -OCH3 is 1. The number of aryl methyl sites for hydroxylation is 2. The van der Waals surface area contributed by atoms with Gasteiger partial charge in [-0.2, -0.15) is 0 Å². The van der Waals surface area contributed by atoms with Crippen LogP contribution in [0.1, 0.15) is 61.3 Å². The molecule has 1 atom stereocenters. The fourth-order valence-electron chi connectivity index (χ4n) is 5.34. The van der Waals surface area contributed by atoms with Crippen molar-refractivity contribution < 1.29 is 23.7 Å². The van der Waals surface area contributed by atoms with Crippen molar-refractivity contribution in [3.63, 3.8) is 0 Å². The third kappa shape index (κ3) is 7.12. The van der Waals surface area contributed by atoms with Gasteiger partial charge in [-0.15, -0.1) is 0 Å². The van der Waals surface area contributed by atoms with Crippen LogP contribution < -0.4 is 19.5 Å². The van der Waals surface area contributed by atoms with E-state index in [2.05, 4.69) is 55.6 Å². The summed E-state index contributed by atoms with van der Waals surface area (Å²) in [6, 6.07) is 18.7. The van der Waals surface area contributed by atoms with Crippen molar-refractivity contribution in [1.29, 1.82) is 0 Å². The molecule has 2 aliphatic rings. The fraction of sp³-hybridized carbons (Fsp3) is 0.424. The molecule has 0 radical (unpaired) electrons. The average molecular weight is 532 g/mol. The Morgan fingerprint density at radius 2 is 1.72 bits per heavy atom. The summed E-state index contributed by atoms with van der Waals surface area (Å²) in [5.74, 6) is 2.28. The highest BCUT2D eigenvalue weighted by Gasteiger charge is 2.27. The Bertz CT molecular complexity index is 1240. The second-order valence-corrected chi connectivity index (χ2v) is 9.98. The Labute approximate surface area is 232 Å². The predicted molar refractivity (Wildman–Crippen MR) is 155 cm³/mol. The summed E-state index contributed by atoms with van der Waals surface area (Å²) >= 11 is 0. The number of ether oxygens (including phenoxy) is 4. The SMILES string of the molecule is CC.COC(=O)CC1COc2cc(OCc3cccc(-c4c(C)cc(OC5CCNCC5)cc4C)c3)ccc21. The summed E-state index contributed by atoms with van der Waals surface area (Å²) in [6.45, 7) is 11.3. The van der Waals surface area contributed by atoms with Gasteiger partial charge in [-0.05, 0) is 91.9 Å². The van der Waals surface area contributed by atoms with Gasteiger partial charge in [0.25, 0.3) is 0 Å². The van der Waals surface area contributed by atoms with Crippen LogP contribution in [0.3, 0.4) is 0 Å². The Balaban J connectivity index is 0.00000172. The van der Waals surface area contributed by atoms with Crippen LogP contribution in [-0.2, 0) is 16.1 Å². The number of nitrogens with one attached hydrogen (secondary N) is 1. The second-order valence-electron chi connectivity index (χ2n) is 9.98. The maximum Gasteiger partial charge on any atom is 0.306 e. The molecule has 1 fully saturated rings. The summed E-state index contributed by atoms with van der Waals surface area (Å²) < 4.78 is 23.0. The topological polar surface area (TPSA) is 66.0 Å². The third-order valence-electron chi connectivity index (χ3n) is 7.22. The van der Waals surface area contributed by atoms with E-state index in [0.29, 0.717) is 19.6 Å². The second kappa shape index (κ2) is 13.5. The Hall–Kier alpha value is -3.51. The summed E-state index contributed by atoms with van der Waals surface area (Å²) in [6.07, 6.45) is 2.70. The van der Waals surface area contributed by atoms with Gasteiger partial charge < -0.3 is 24.3 Å². The van der Waals surface area contributed by atoms with E-state index in [1.54, 1.807) is 0 Å². The van der Waals surface area contributed by atoms with Crippen molar-refractivity contribution in [1.82, 2.24) is 5.32 Å². The number of carbonyl (C=O) groups excluding carboxylic acids is 1. The van der Waals surface area contributed by atoms with Crippen LogP contribution in [0.5, 0.6) is 17.2 Å². The molecule has 1 N–H and O–H groups in total. The molecule has 0 amide bonds. The van der Waals surface area contributed by atoms with Gasteiger partial charge in [-0.25, -0.2) is 0 Å². The summed E-state index contributed by atoms with van der Waals surface area (Å²) in [5, 5.41) is 3.39. The van der Waals surface area contributed by atoms with Gasteiger partial charge >= 0.3 is 5.97 Å². The van der Waals surface area contributed by atoms with E-state index in [0.717, 1.165) is 54.3 Å². The maximum atomic E-state index is 11.7. The molecule has 3 aromatic rings. The Morgan fingerprint density at radius 3 is 2.44 bits per heavy atom. The van der Waals surface area contributed by atoms with Crippen molar-refractivity contribution >= 4 is 5.97 Å². The monoisotopic (exact) mass is 531 g/mol. The van der Waals surface area contributed by atoms with E-state index in [9.17, 15) is 4.79 Å². The molecule has 0 spiro atoms. The smallest absolute Gasteiger partial charge is 0.306 e. The number of hydrogen-bond donors (Lipinski definition) is 1. The lowest BCUT2D eigenvalue weighted by Gasteiger charge is -2.24. The lowest BCUT2D eigenvalue weighted by Crippen LogP contribution is -2.34. The van der Waals surface area contributed by atoms with Crippen molar-refractivity contribution in [2.45, 2.75) is 65.6 Å². The van der Waals surface area contributed by atoms with Gasteiger partial charge in [-0.1, -0.05) is 38.1 Å².